The molecule has 1 rings (SSSR count). The molecular weight excluding hydrogens is 199 g/mol. The number of carboxylic acid groups (broad SMARTS) is 1. The van der Waals surface area contributed by atoms with Crippen molar-refractivity contribution in [2.75, 3.05) is 6.61 Å². The van der Waals surface area contributed by atoms with Crippen LogP contribution in [0.15, 0.2) is 18.2 Å². The Morgan fingerprint density at radius 2 is 2.27 bits per heavy atom. The van der Waals surface area contributed by atoms with Crippen molar-refractivity contribution >= 4 is 5.97 Å². The van der Waals surface area contributed by atoms with Gasteiger partial charge < -0.3 is 9.84 Å². The van der Waals surface area contributed by atoms with Gasteiger partial charge in [0.05, 0.1) is 12.2 Å². The summed E-state index contributed by atoms with van der Waals surface area (Å²) >= 11 is 0. The Morgan fingerprint density at radius 3 is 2.87 bits per heavy atom. The highest BCUT2D eigenvalue weighted by atomic mass is 19.1. The molecule has 15 heavy (non-hydrogen) atoms. The zero-order chi connectivity index (χ0) is 11.3. The van der Waals surface area contributed by atoms with Crippen molar-refractivity contribution in [1.29, 1.82) is 0 Å². The largest absolute Gasteiger partial charge is 0.478 e. The van der Waals surface area contributed by atoms with Gasteiger partial charge in [-0.25, -0.2) is 9.18 Å². The maximum Gasteiger partial charge on any atom is 0.338 e. The summed E-state index contributed by atoms with van der Waals surface area (Å²) < 4.78 is 18.6. The lowest BCUT2D eigenvalue weighted by atomic mass is 10.1. The number of halogens is 1. The summed E-state index contributed by atoms with van der Waals surface area (Å²) in [5.74, 6) is -1.97. The summed E-state index contributed by atoms with van der Waals surface area (Å²) in [5, 5.41) is 8.68. The fraction of sp³-hybridized carbons (Fsp3) is 0.364. The van der Waals surface area contributed by atoms with Crippen LogP contribution in [0, 0.1) is 5.82 Å². The van der Waals surface area contributed by atoms with Gasteiger partial charge in [0.15, 0.2) is 0 Å². The Bertz CT molecular complexity index is 350. The molecule has 0 fully saturated rings. The molecule has 0 saturated heterocycles. The molecule has 0 bridgehead atoms. The van der Waals surface area contributed by atoms with E-state index in [9.17, 15) is 9.18 Å². The van der Waals surface area contributed by atoms with Crippen LogP contribution in [0.3, 0.4) is 0 Å². The van der Waals surface area contributed by atoms with E-state index < -0.39 is 11.8 Å². The van der Waals surface area contributed by atoms with Crippen LogP contribution in [-0.2, 0) is 11.3 Å². The van der Waals surface area contributed by atoms with Crippen molar-refractivity contribution in [2.24, 2.45) is 0 Å². The smallest absolute Gasteiger partial charge is 0.338 e. The SMILES string of the molecule is CCCOCc1cccc(C(=O)O)c1F. The molecule has 3 nitrogen and oxygen atoms in total. The van der Waals surface area contributed by atoms with Gasteiger partial charge >= 0.3 is 5.97 Å². The fourth-order valence-corrected chi connectivity index (χ4v) is 1.18. The van der Waals surface area contributed by atoms with Crippen LogP contribution >= 0.6 is 0 Å². The quantitative estimate of drug-likeness (QED) is 0.762. The monoisotopic (exact) mass is 212 g/mol. The first-order chi connectivity index (χ1) is 7.16. The summed E-state index contributed by atoms with van der Waals surface area (Å²) in [5.41, 5.74) is -0.0315. The molecule has 0 amide bonds. The topological polar surface area (TPSA) is 46.5 Å². The summed E-state index contributed by atoms with van der Waals surface area (Å²) in [6.07, 6.45) is 0.847. The third-order valence-electron chi connectivity index (χ3n) is 1.92. The van der Waals surface area contributed by atoms with Gasteiger partial charge in [-0.1, -0.05) is 19.1 Å². The first-order valence-electron chi connectivity index (χ1n) is 4.75. The van der Waals surface area contributed by atoms with E-state index in [1.54, 1.807) is 0 Å². The van der Waals surface area contributed by atoms with Crippen molar-refractivity contribution in [3.8, 4) is 0 Å². The van der Waals surface area contributed by atoms with E-state index >= 15 is 0 Å². The van der Waals surface area contributed by atoms with Crippen molar-refractivity contribution in [1.82, 2.24) is 0 Å². The number of hydrogen-bond donors (Lipinski definition) is 1. The van der Waals surface area contributed by atoms with Gasteiger partial charge in [-0.2, -0.15) is 0 Å². The highest BCUT2D eigenvalue weighted by Gasteiger charge is 2.13. The second kappa shape index (κ2) is 5.46. The highest BCUT2D eigenvalue weighted by Crippen LogP contribution is 2.14. The van der Waals surface area contributed by atoms with E-state index in [1.807, 2.05) is 6.92 Å². The van der Waals surface area contributed by atoms with Gasteiger partial charge in [-0.3, -0.25) is 0 Å². The Balaban J connectivity index is 2.80. The van der Waals surface area contributed by atoms with Crippen LogP contribution in [0.2, 0.25) is 0 Å². The molecule has 0 aliphatic rings. The molecule has 4 heteroatoms. The lowest BCUT2D eigenvalue weighted by molar-refractivity contribution is 0.0690. The number of ether oxygens (including phenoxy) is 1. The number of benzene rings is 1. The summed E-state index contributed by atoms with van der Waals surface area (Å²) in [7, 11) is 0. The zero-order valence-electron chi connectivity index (χ0n) is 8.50. The molecule has 0 spiro atoms. The fourth-order valence-electron chi connectivity index (χ4n) is 1.18. The minimum atomic E-state index is -1.26. The van der Waals surface area contributed by atoms with Gasteiger partial charge in [0.2, 0.25) is 0 Å². The number of carbonyl (C=O) groups is 1. The first kappa shape index (κ1) is 11.7. The van der Waals surface area contributed by atoms with Crippen molar-refractivity contribution < 1.29 is 19.0 Å². The lowest BCUT2D eigenvalue weighted by Crippen LogP contribution is -2.05. The minimum absolute atomic E-state index is 0.112. The van der Waals surface area contributed by atoms with Gasteiger partial charge in [-0.15, -0.1) is 0 Å². The third kappa shape index (κ3) is 3.02. The molecule has 0 saturated carbocycles. The van der Waals surface area contributed by atoms with E-state index in [0.717, 1.165) is 6.42 Å². The zero-order valence-corrected chi connectivity index (χ0v) is 8.50. The lowest BCUT2D eigenvalue weighted by Gasteiger charge is -2.05. The Labute approximate surface area is 87.5 Å². The molecule has 0 unspecified atom stereocenters. The molecule has 0 aliphatic carbocycles. The number of aromatic carboxylic acids is 1. The molecule has 1 aromatic carbocycles. The first-order valence-corrected chi connectivity index (χ1v) is 4.75. The summed E-state index contributed by atoms with van der Waals surface area (Å²) in [4.78, 5) is 10.6. The van der Waals surface area contributed by atoms with Crippen molar-refractivity contribution in [2.45, 2.75) is 20.0 Å². The van der Waals surface area contributed by atoms with Crippen LogP contribution in [-0.4, -0.2) is 17.7 Å². The summed E-state index contributed by atoms with van der Waals surface area (Å²) in [6, 6.07) is 4.27. The molecule has 82 valence electrons. The number of rotatable bonds is 5. The van der Waals surface area contributed by atoms with Crippen LogP contribution < -0.4 is 0 Å². The maximum atomic E-state index is 13.5. The predicted molar refractivity (Wildman–Crippen MR) is 53.3 cm³/mol. The standard InChI is InChI=1S/C11H13FO3/c1-2-6-15-7-8-4-3-5-9(10(8)12)11(13)14/h3-5H,2,6-7H2,1H3,(H,13,14). The van der Waals surface area contributed by atoms with Crippen LogP contribution in [0.25, 0.3) is 0 Å². The van der Waals surface area contributed by atoms with E-state index in [-0.39, 0.29) is 17.7 Å². The van der Waals surface area contributed by atoms with Gasteiger partial charge in [0, 0.05) is 12.2 Å². The molecule has 0 atom stereocenters. The van der Waals surface area contributed by atoms with Crippen LogP contribution in [0.1, 0.15) is 29.3 Å². The average molecular weight is 212 g/mol. The molecule has 0 aromatic heterocycles. The number of carboxylic acids is 1. The minimum Gasteiger partial charge on any atom is -0.478 e. The van der Waals surface area contributed by atoms with Gasteiger partial charge in [-0.05, 0) is 12.5 Å². The maximum absolute atomic E-state index is 13.5. The molecule has 0 heterocycles. The van der Waals surface area contributed by atoms with E-state index in [1.165, 1.54) is 18.2 Å². The Kier molecular flexibility index (Phi) is 4.24. The average Bonchev–Trinajstić information content (AvgIpc) is 2.20. The van der Waals surface area contributed by atoms with Crippen molar-refractivity contribution in [3.63, 3.8) is 0 Å². The predicted octanol–water partition coefficient (Wildman–Crippen LogP) is 2.45. The molecule has 0 radical (unpaired) electrons. The van der Waals surface area contributed by atoms with Gasteiger partial charge in [0.1, 0.15) is 5.82 Å². The second-order valence-electron chi connectivity index (χ2n) is 3.14. The summed E-state index contributed by atoms with van der Waals surface area (Å²) in [6.45, 7) is 2.60. The van der Waals surface area contributed by atoms with Gasteiger partial charge in [0.25, 0.3) is 0 Å². The molecule has 1 aromatic rings. The van der Waals surface area contributed by atoms with Crippen molar-refractivity contribution in [3.05, 3.63) is 35.1 Å². The van der Waals surface area contributed by atoms with E-state index in [4.69, 9.17) is 9.84 Å². The van der Waals surface area contributed by atoms with E-state index in [0.29, 0.717) is 6.61 Å². The second-order valence-corrected chi connectivity index (χ2v) is 3.14. The molecule has 1 N–H and O–H groups in total. The Morgan fingerprint density at radius 1 is 1.53 bits per heavy atom. The van der Waals surface area contributed by atoms with Crippen LogP contribution in [0.4, 0.5) is 4.39 Å². The normalized spacial score (nSPS) is 10.3. The van der Waals surface area contributed by atoms with E-state index in [2.05, 4.69) is 0 Å². The molecule has 0 aliphatic heterocycles. The Hall–Kier alpha value is -1.42. The molecular formula is C11H13FO3. The number of hydrogen-bond acceptors (Lipinski definition) is 2. The van der Waals surface area contributed by atoms with Crippen LogP contribution in [0.5, 0.6) is 0 Å². The highest BCUT2D eigenvalue weighted by molar-refractivity contribution is 5.88. The third-order valence-corrected chi connectivity index (χ3v) is 1.92.